The minimum absolute atomic E-state index is 0.163. The van der Waals surface area contributed by atoms with Crippen molar-refractivity contribution in [2.45, 2.75) is 32.9 Å². The number of nitrogens with two attached hydrogens (primary N) is 1. The van der Waals surface area contributed by atoms with Crippen LogP contribution in [0.15, 0.2) is 24.3 Å². The molecule has 0 saturated heterocycles. The summed E-state index contributed by atoms with van der Waals surface area (Å²) in [5.74, 6) is 0.925. The van der Waals surface area contributed by atoms with Gasteiger partial charge in [0.15, 0.2) is 0 Å². The molecule has 0 aliphatic rings. The van der Waals surface area contributed by atoms with Crippen molar-refractivity contribution in [3.63, 3.8) is 0 Å². The van der Waals surface area contributed by atoms with Crippen LogP contribution in [0.3, 0.4) is 0 Å². The van der Waals surface area contributed by atoms with E-state index >= 15 is 0 Å². The second-order valence-electron chi connectivity index (χ2n) is 4.65. The molecule has 1 unspecified atom stereocenters. The van der Waals surface area contributed by atoms with E-state index in [1.54, 1.807) is 6.92 Å². The molecule has 0 aromatic heterocycles. The average Bonchev–Trinajstić information content (AvgIpc) is 2.27. The van der Waals surface area contributed by atoms with E-state index in [-0.39, 0.29) is 5.92 Å². The van der Waals surface area contributed by atoms with E-state index in [2.05, 4.69) is 0 Å². The number of aliphatic hydroxyl groups is 1. The highest BCUT2D eigenvalue weighted by Gasteiger charge is 2.25. The molecule has 0 aliphatic carbocycles. The summed E-state index contributed by atoms with van der Waals surface area (Å²) in [6.45, 7) is 6.56. The maximum absolute atomic E-state index is 10.0. The molecular weight excluding hydrogens is 202 g/mol. The highest BCUT2D eigenvalue weighted by Crippen LogP contribution is 2.19. The topological polar surface area (TPSA) is 55.5 Å². The van der Waals surface area contributed by atoms with Crippen molar-refractivity contribution in [1.29, 1.82) is 0 Å². The van der Waals surface area contributed by atoms with Crippen LogP contribution in [0.1, 0.15) is 26.3 Å². The maximum atomic E-state index is 10.0. The lowest BCUT2D eigenvalue weighted by Crippen LogP contribution is -2.37. The number of rotatable bonds is 5. The van der Waals surface area contributed by atoms with Gasteiger partial charge in [0, 0.05) is 6.54 Å². The molecule has 0 bridgehead atoms. The van der Waals surface area contributed by atoms with Crippen LogP contribution in [-0.2, 0) is 6.54 Å². The van der Waals surface area contributed by atoms with Crippen molar-refractivity contribution in [3.05, 3.63) is 29.8 Å². The Morgan fingerprint density at radius 3 is 2.31 bits per heavy atom. The first-order chi connectivity index (χ1) is 7.45. The molecule has 0 saturated carbocycles. The van der Waals surface area contributed by atoms with Gasteiger partial charge < -0.3 is 15.6 Å². The average molecular weight is 223 g/mol. The second-order valence-corrected chi connectivity index (χ2v) is 4.65. The monoisotopic (exact) mass is 223 g/mol. The maximum Gasteiger partial charge on any atom is 0.119 e. The van der Waals surface area contributed by atoms with E-state index in [0.29, 0.717) is 13.2 Å². The van der Waals surface area contributed by atoms with Crippen LogP contribution in [-0.4, -0.2) is 17.3 Å². The molecular formula is C13H21NO2. The van der Waals surface area contributed by atoms with E-state index in [1.165, 1.54) is 0 Å². The van der Waals surface area contributed by atoms with Crippen LogP contribution in [0.4, 0.5) is 0 Å². The summed E-state index contributed by atoms with van der Waals surface area (Å²) >= 11 is 0. The van der Waals surface area contributed by atoms with Gasteiger partial charge in [0.2, 0.25) is 0 Å². The molecule has 90 valence electrons. The molecule has 3 heteroatoms. The van der Waals surface area contributed by atoms with Crippen LogP contribution < -0.4 is 10.5 Å². The molecule has 0 spiro atoms. The van der Waals surface area contributed by atoms with E-state index < -0.39 is 5.60 Å². The summed E-state index contributed by atoms with van der Waals surface area (Å²) in [4.78, 5) is 0. The van der Waals surface area contributed by atoms with Gasteiger partial charge in [0.1, 0.15) is 12.4 Å². The molecule has 3 N–H and O–H groups in total. The predicted molar refractivity (Wildman–Crippen MR) is 65.3 cm³/mol. The molecule has 1 atom stereocenters. The summed E-state index contributed by atoms with van der Waals surface area (Å²) in [7, 11) is 0. The second kappa shape index (κ2) is 5.32. The standard InChI is InChI=1S/C13H21NO2/c1-10(2)13(3,15)9-16-12-6-4-11(8-14)5-7-12/h4-7,10,15H,8-9,14H2,1-3H3. The van der Waals surface area contributed by atoms with Crippen LogP contribution in [0.2, 0.25) is 0 Å². The molecule has 1 aromatic carbocycles. The van der Waals surface area contributed by atoms with Crippen LogP contribution in [0, 0.1) is 5.92 Å². The smallest absolute Gasteiger partial charge is 0.119 e. The Morgan fingerprint density at radius 2 is 1.88 bits per heavy atom. The quantitative estimate of drug-likeness (QED) is 0.802. The molecule has 0 heterocycles. The highest BCUT2D eigenvalue weighted by atomic mass is 16.5. The minimum atomic E-state index is -0.799. The first-order valence-electron chi connectivity index (χ1n) is 5.60. The summed E-state index contributed by atoms with van der Waals surface area (Å²) in [6.07, 6.45) is 0. The van der Waals surface area contributed by atoms with Crippen LogP contribution in [0.25, 0.3) is 0 Å². The first kappa shape index (κ1) is 13.0. The van der Waals surface area contributed by atoms with Crippen molar-refractivity contribution in [2.75, 3.05) is 6.61 Å². The van der Waals surface area contributed by atoms with Crippen molar-refractivity contribution in [2.24, 2.45) is 11.7 Å². The van der Waals surface area contributed by atoms with Crippen molar-refractivity contribution in [3.8, 4) is 5.75 Å². The molecule has 0 fully saturated rings. The van der Waals surface area contributed by atoms with Gasteiger partial charge in [-0.1, -0.05) is 26.0 Å². The lowest BCUT2D eigenvalue weighted by Gasteiger charge is -2.27. The summed E-state index contributed by atoms with van der Waals surface area (Å²) in [5, 5.41) is 10.0. The third kappa shape index (κ3) is 3.51. The zero-order chi connectivity index (χ0) is 12.2. The van der Waals surface area contributed by atoms with Gasteiger partial charge in [0.05, 0.1) is 5.60 Å². The van der Waals surface area contributed by atoms with Gasteiger partial charge in [0.25, 0.3) is 0 Å². The third-order valence-corrected chi connectivity index (χ3v) is 2.93. The Kier molecular flexibility index (Phi) is 4.33. The van der Waals surface area contributed by atoms with Crippen LogP contribution >= 0.6 is 0 Å². The Balaban J connectivity index is 2.54. The van der Waals surface area contributed by atoms with Gasteiger partial charge in [-0.3, -0.25) is 0 Å². The molecule has 0 amide bonds. The van der Waals surface area contributed by atoms with Gasteiger partial charge in [-0.25, -0.2) is 0 Å². The SMILES string of the molecule is CC(C)C(C)(O)COc1ccc(CN)cc1. The fourth-order valence-electron chi connectivity index (χ4n) is 1.12. The zero-order valence-electron chi connectivity index (χ0n) is 10.2. The Labute approximate surface area is 97.2 Å². The van der Waals surface area contributed by atoms with Crippen molar-refractivity contribution >= 4 is 0 Å². The lowest BCUT2D eigenvalue weighted by atomic mass is 9.94. The van der Waals surface area contributed by atoms with E-state index in [9.17, 15) is 5.11 Å². The molecule has 0 radical (unpaired) electrons. The fourth-order valence-corrected chi connectivity index (χ4v) is 1.12. The van der Waals surface area contributed by atoms with E-state index in [4.69, 9.17) is 10.5 Å². The number of ether oxygens (including phenoxy) is 1. The van der Waals surface area contributed by atoms with Gasteiger partial charge >= 0.3 is 0 Å². The van der Waals surface area contributed by atoms with Crippen molar-refractivity contribution in [1.82, 2.24) is 0 Å². The molecule has 0 aliphatic heterocycles. The lowest BCUT2D eigenvalue weighted by molar-refractivity contribution is -0.0266. The Morgan fingerprint density at radius 1 is 1.31 bits per heavy atom. The number of benzene rings is 1. The van der Waals surface area contributed by atoms with E-state index in [0.717, 1.165) is 11.3 Å². The van der Waals surface area contributed by atoms with Crippen molar-refractivity contribution < 1.29 is 9.84 Å². The third-order valence-electron chi connectivity index (χ3n) is 2.93. The van der Waals surface area contributed by atoms with Gasteiger partial charge in [-0.15, -0.1) is 0 Å². The molecule has 3 nitrogen and oxygen atoms in total. The zero-order valence-corrected chi connectivity index (χ0v) is 10.2. The van der Waals surface area contributed by atoms with Gasteiger partial charge in [-0.05, 0) is 30.5 Å². The minimum Gasteiger partial charge on any atom is -0.491 e. The van der Waals surface area contributed by atoms with Crippen LogP contribution in [0.5, 0.6) is 5.75 Å². The predicted octanol–water partition coefficient (Wildman–Crippen LogP) is 1.93. The fraction of sp³-hybridized carbons (Fsp3) is 0.538. The Bertz CT molecular complexity index is 317. The Hall–Kier alpha value is -1.06. The number of hydrogen-bond acceptors (Lipinski definition) is 3. The summed E-state index contributed by atoms with van der Waals surface area (Å²) < 4.78 is 5.54. The summed E-state index contributed by atoms with van der Waals surface area (Å²) in [6, 6.07) is 7.61. The van der Waals surface area contributed by atoms with E-state index in [1.807, 2.05) is 38.1 Å². The molecule has 16 heavy (non-hydrogen) atoms. The normalized spacial score (nSPS) is 14.9. The number of hydrogen-bond donors (Lipinski definition) is 2. The molecule has 1 rings (SSSR count). The largest absolute Gasteiger partial charge is 0.491 e. The highest BCUT2D eigenvalue weighted by molar-refractivity contribution is 5.27. The molecule has 1 aromatic rings. The van der Waals surface area contributed by atoms with Gasteiger partial charge in [-0.2, -0.15) is 0 Å². The summed E-state index contributed by atoms with van der Waals surface area (Å²) in [5.41, 5.74) is 5.78. The first-order valence-corrected chi connectivity index (χ1v) is 5.60.